The second-order valence-corrected chi connectivity index (χ2v) is 9.51. The van der Waals surface area contributed by atoms with Gasteiger partial charge >= 0.3 is 0 Å². The van der Waals surface area contributed by atoms with Crippen LogP contribution in [0, 0.1) is 5.82 Å². The lowest BCUT2D eigenvalue weighted by Crippen LogP contribution is -2.44. The Bertz CT molecular complexity index is 913. The molecule has 3 nitrogen and oxygen atoms in total. The third kappa shape index (κ3) is 5.02. The van der Waals surface area contributed by atoms with Crippen LogP contribution in [0.15, 0.2) is 41.3 Å². The summed E-state index contributed by atoms with van der Waals surface area (Å²) >= 11 is 14.1. The number of thioether (sulfide) groups is 1. The van der Waals surface area contributed by atoms with Crippen molar-refractivity contribution in [3.05, 3.63) is 62.7 Å². The molecule has 0 bridgehead atoms. The quantitative estimate of drug-likeness (QED) is 0.610. The van der Waals surface area contributed by atoms with Crippen LogP contribution in [0.2, 0.25) is 10.0 Å². The molecule has 2 aliphatic rings. The van der Waals surface area contributed by atoms with Crippen molar-refractivity contribution in [3.8, 4) is 0 Å². The third-order valence-electron chi connectivity index (χ3n) is 5.41. The van der Waals surface area contributed by atoms with E-state index >= 15 is 0 Å². The van der Waals surface area contributed by atoms with Crippen molar-refractivity contribution < 1.29 is 4.39 Å². The molecule has 0 amide bonds. The zero-order chi connectivity index (χ0) is 20.4. The first kappa shape index (κ1) is 20.9. The van der Waals surface area contributed by atoms with Crippen LogP contribution in [0.1, 0.15) is 5.56 Å². The van der Waals surface area contributed by atoms with Gasteiger partial charge in [-0.2, -0.15) is 0 Å². The Morgan fingerprint density at radius 3 is 2.48 bits per heavy atom. The van der Waals surface area contributed by atoms with Gasteiger partial charge in [0.05, 0.1) is 10.0 Å². The van der Waals surface area contributed by atoms with Gasteiger partial charge in [0.25, 0.3) is 0 Å². The Kier molecular flexibility index (Phi) is 6.60. The Morgan fingerprint density at radius 1 is 0.931 bits per heavy atom. The molecule has 0 saturated carbocycles. The third-order valence-corrected chi connectivity index (χ3v) is 7.16. The van der Waals surface area contributed by atoms with E-state index in [1.807, 2.05) is 36.0 Å². The fourth-order valence-corrected chi connectivity index (χ4v) is 5.06. The molecule has 0 aromatic heterocycles. The van der Waals surface area contributed by atoms with Crippen LogP contribution in [-0.2, 0) is 0 Å². The number of anilines is 2. The van der Waals surface area contributed by atoms with Crippen molar-refractivity contribution >= 4 is 52.4 Å². The van der Waals surface area contributed by atoms with E-state index in [0.717, 1.165) is 62.0 Å². The monoisotopic (exact) mass is 451 g/mol. The van der Waals surface area contributed by atoms with Gasteiger partial charge in [-0.3, -0.25) is 0 Å². The average molecular weight is 452 g/mol. The Morgan fingerprint density at radius 2 is 1.72 bits per heavy atom. The maximum Gasteiger partial charge on any atom is 0.123 e. The predicted molar refractivity (Wildman–Crippen MR) is 125 cm³/mol. The maximum atomic E-state index is 14.1. The fraction of sp³-hybridized carbons (Fsp3) is 0.364. The minimum atomic E-state index is -0.197. The summed E-state index contributed by atoms with van der Waals surface area (Å²) in [7, 11) is 2.14. The first-order valence-electron chi connectivity index (χ1n) is 9.76. The number of nitrogens with zero attached hydrogens (tertiary/aromatic N) is 3. The Labute approximate surface area is 186 Å². The number of likely N-dealkylation sites (N-methyl/N-ethyl adjacent to an activating group) is 1. The van der Waals surface area contributed by atoms with E-state index in [-0.39, 0.29) is 5.82 Å². The summed E-state index contributed by atoms with van der Waals surface area (Å²) in [5, 5.41) is 1.13. The van der Waals surface area contributed by atoms with Gasteiger partial charge in [-0.05, 0) is 49.5 Å². The second kappa shape index (κ2) is 9.17. The molecule has 0 spiro atoms. The molecular weight excluding hydrogens is 428 g/mol. The summed E-state index contributed by atoms with van der Waals surface area (Å²) in [6.45, 7) is 5.68. The van der Waals surface area contributed by atoms with E-state index in [0.29, 0.717) is 10.0 Å². The number of benzene rings is 2. The fourth-order valence-electron chi connectivity index (χ4n) is 3.74. The average Bonchev–Trinajstić information content (AvgIpc) is 2.71. The van der Waals surface area contributed by atoms with Crippen LogP contribution in [0.3, 0.4) is 0 Å². The Hall–Kier alpha value is -1.40. The highest BCUT2D eigenvalue weighted by atomic mass is 35.5. The number of hydrogen-bond donors (Lipinski definition) is 0. The topological polar surface area (TPSA) is 9.72 Å². The molecule has 0 radical (unpaired) electrons. The summed E-state index contributed by atoms with van der Waals surface area (Å²) in [5.41, 5.74) is 3.12. The maximum absolute atomic E-state index is 14.1. The predicted octanol–water partition coefficient (Wildman–Crippen LogP) is 5.48. The standard InChI is InChI=1S/C22H24Cl2FN3S/c1-26-6-8-27(9-7-26)22-5-2-17(25)12-16(22)13-19-15-28(10-11-29-19)18-3-4-20(23)21(24)14-18/h2-5,12-14H,6-11,15H2,1H3. The van der Waals surface area contributed by atoms with Crippen molar-refractivity contribution in [3.63, 3.8) is 0 Å². The summed E-state index contributed by atoms with van der Waals surface area (Å²) in [5.74, 6) is 0.780. The molecule has 154 valence electrons. The normalized spacial score (nSPS) is 19.8. The smallest absolute Gasteiger partial charge is 0.123 e. The molecule has 2 aromatic rings. The molecule has 2 fully saturated rings. The lowest BCUT2D eigenvalue weighted by atomic mass is 10.1. The van der Waals surface area contributed by atoms with Gasteiger partial charge in [0.15, 0.2) is 0 Å². The number of hydrogen-bond acceptors (Lipinski definition) is 4. The largest absolute Gasteiger partial charge is 0.368 e. The van der Waals surface area contributed by atoms with Gasteiger partial charge in [-0.1, -0.05) is 23.2 Å². The molecule has 4 rings (SSSR count). The molecular formula is C22H24Cl2FN3S. The molecule has 2 aromatic carbocycles. The molecule has 2 saturated heterocycles. The van der Waals surface area contributed by atoms with E-state index < -0.39 is 0 Å². The molecule has 2 aliphatic heterocycles. The van der Waals surface area contributed by atoms with Crippen molar-refractivity contribution in [1.29, 1.82) is 0 Å². The first-order valence-corrected chi connectivity index (χ1v) is 11.5. The van der Waals surface area contributed by atoms with E-state index in [2.05, 4.69) is 27.8 Å². The molecule has 0 aliphatic carbocycles. The SMILES string of the molecule is CN1CCN(c2ccc(F)cc2C=C2CN(c3ccc(Cl)c(Cl)c3)CCS2)CC1. The van der Waals surface area contributed by atoms with Crippen LogP contribution < -0.4 is 9.80 Å². The highest BCUT2D eigenvalue weighted by molar-refractivity contribution is 8.03. The zero-order valence-corrected chi connectivity index (χ0v) is 18.7. The van der Waals surface area contributed by atoms with Crippen LogP contribution >= 0.6 is 35.0 Å². The van der Waals surface area contributed by atoms with E-state index in [1.54, 1.807) is 12.1 Å². The summed E-state index contributed by atoms with van der Waals surface area (Å²) in [6.07, 6.45) is 2.14. The van der Waals surface area contributed by atoms with E-state index in [4.69, 9.17) is 23.2 Å². The van der Waals surface area contributed by atoms with Crippen molar-refractivity contribution in [2.24, 2.45) is 0 Å². The first-order chi connectivity index (χ1) is 14.0. The highest BCUT2D eigenvalue weighted by Crippen LogP contribution is 2.34. The molecule has 7 heteroatoms. The van der Waals surface area contributed by atoms with Crippen molar-refractivity contribution in [1.82, 2.24) is 4.90 Å². The molecule has 2 heterocycles. The highest BCUT2D eigenvalue weighted by Gasteiger charge is 2.20. The molecule has 0 atom stereocenters. The minimum Gasteiger partial charge on any atom is -0.368 e. The van der Waals surface area contributed by atoms with E-state index in [1.165, 1.54) is 4.91 Å². The van der Waals surface area contributed by atoms with Gasteiger partial charge in [0.1, 0.15) is 5.82 Å². The van der Waals surface area contributed by atoms with E-state index in [9.17, 15) is 4.39 Å². The van der Waals surface area contributed by atoms with Gasteiger partial charge in [0.2, 0.25) is 0 Å². The van der Waals surface area contributed by atoms with Crippen LogP contribution in [-0.4, -0.2) is 57.0 Å². The van der Waals surface area contributed by atoms with Crippen LogP contribution in [0.4, 0.5) is 15.8 Å². The number of rotatable bonds is 3. The zero-order valence-electron chi connectivity index (χ0n) is 16.4. The summed E-state index contributed by atoms with van der Waals surface area (Å²) in [6, 6.07) is 10.9. The summed E-state index contributed by atoms with van der Waals surface area (Å²) in [4.78, 5) is 8.20. The van der Waals surface area contributed by atoms with Crippen LogP contribution in [0.5, 0.6) is 0 Å². The molecule has 0 unspecified atom stereocenters. The van der Waals surface area contributed by atoms with Crippen LogP contribution in [0.25, 0.3) is 6.08 Å². The molecule has 29 heavy (non-hydrogen) atoms. The van der Waals surface area contributed by atoms with Crippen molar-refractivity contribution in [2.75, 3.05) is 61.9 Å². The van der Waals surface area contributed by atoms with Gasteiger partial charge in [0, 0.05) is 66.9 Å². The molecule has 0 N–H and O–H groups in total. The van der Waals surface area contributed by atoms with Gasteiger partial charge in [-0.25, -0.2) is 4.39 Å². The van der Waals surface area contributed by atoms with Gasteiger partial charge in [-0.15, -0.1) is 11.8 Å². The summed E-state index contributed by atoms with van der Waals surface area (Å²) < 4.78 is 14.1. The Balaban J connectivity index is 1.58. The number of piperazine rings is 1. The minimum absolute atomic E-state index is 0.197. The van der Waals surface area contributed by atoms with Gasteiger partial charge < -0.3 is 14.7 Å². The second-order valence-electron chi connectivity index (χ2n) is 7.47. The number of halogens is 3. The van der Waals surface area contributed by atoms with Crippen molar-refractivity contribution in [2.45, 2.75) is 0 Å². The lowest BCUT2D eigenvalue weighted by Gasteiger charge is -2.35. The lowest BCUT2D eigenvalue weighted by molar-refractivity contribution is 0.313.